The number of aromatic hydroxyl groups is 1. The molecule has 0 heterocycles. The van der Waals surface area contributed by atoms with E-state index in [-0.39, 0.29) is 15.2 Å². The number of alkyl halides is 3. The molecule has 1 rings (SSSR count). The van der Waals surface area contributed by atoms with E-state index in [9.17, 15) is 18.3 Å². The predicted molar refractivity (Wildman–Crippen MR) is 51.9 cm³/mol. The van der Waals surface area contributed by atoms with E-state index in [1.165, 1.54) is 0 Å². The molecule has 0 aliphatic carbocycles. The highest BCUT2D eigenvalue weighted by molar-refractivity contribution is 9.10. The van der Waals surface area contributed by atoms with Gasteiger partial charge in [-0.2, -0.15) is 0 Å². The monoisotopic (exact) mass is 305 g/mol. The molecule has 15 heavy (non-hydrogen) atoms. The Morgan fingerprint density at radius 1 is 1.47 bits per heavy atom. The average Bonchev–Trinajstić information content (AvgIpc) is 2.07. The number of ether oxygens (including phenoxy) is 1. The molecule has 0 bridgehead atoms. The van der Waals surface area contributed by atoms with E-state index in [1.807, 2.05) is 0 Å². The fourth-order valence-corrected chi connectivity index (χ4v) is 1.71. The third-order valence-corrected chi connectivity index (χ3v) is 2.41. The molecular weight excluding hydrogens is 302 g/mol. The summed E-state index contributed by atoms with van der Waals surface area (Å²) in [6.45, 7) is 0. The maximum atomic E-state index is 11.9. The first-order valence-electron chi connectivity index (χ1n) is 3.44. The van der Waals surface area contributed by atoms with Crippen LogP contribution in [0.3, 0.4) is 0 Å². The lowest BCUT2D eigenvalue weighted by Gasteiger charge is -2.13. The fourth-order valence-electron chi connectivity index (χ4n) is 0.819. The van der Waals surface area contributed by atoms with E-state index in [0.717, 1.165) is 6.07 Å². The van der Waals surface area contributed by atoms with Crippen LogP contribution in [0.2, 0.25) is 5.02 Å². The Labute approximate surface area is 95.7 Å². The number of hydrogen-bond donors (Lipinski definition) is 2. The summed E-state index contributed by atoms with van der Waals surface area (Å²) in [5.74, 6) is -1.28. The van der Waals surface area contributed by atoms with Crippen LogP contribution in [0.1, 0.15) is 0 Å². The van der Waals surface area contributed by atoms with Gasteiger partial charge in [-0.05, 0) is 22.0 Å². The highest BCUT2D eigenvalue weighted by Crippen LogP contribution is 2.45. The van der Waals surface area contributed by atoms with E-state index < -0.39 is 17.9 Å². The van der Waals surface area contributed by atoms with Gasteiger partial charge in [0.1, 0.15) is 4.47 Å². The van der Waals surface area contributed by atoms with E-state index >= 15 is 0 Å². The standard InChI is InChI=1S/C7H4BrClF3NO2/c8-4-5(14)3(13)1-2(9)6(4)15-7(10,11)12/h1,14H,13H2. The van der Waals surface area contributed by atoms with Crippen LogP contribution in [-0.4, -0.2) is 11.5 Å². The van der Waals surface area contributed by atoms with Crippen molar-refractivity contribution in [3.05, 3.63) is 15.6 Å². The minimum atomic E-state index is -4.89. The Balaban J connectivity index is 3.24. The first-order valence-corrected chi connectivity index (χ1v) is 4.61. The molecule has 0 aliphatic heterocycles. The van der Waals surface area contributed by atoms with Crippen LogP contribution in [0, 0.1) is 0 Å². The average molecular weight is 306 g/mol. The number of benzene rings is 1. The van der Waals surface area contributed by atoms with Crippen molar-refractivity contribution in [2.75, 3.05) is 5.73 Å². The van der Waals surface area contributed by atoms with Crippen molar-refractivity contribution in [3.8, 4) is 11.5 Å². The Bertz CT molecular complexity index is 397. The van der Waals surface area contributed by atoms with Crippen LogP contribution in [0.15, 0.2) is 10.5 Å². The van der Waals surface area contributed by atoms with Gasteiger partial charge in [0.05, 0.1) is 10.7 Å². The van der Waals surface area contributed by atoms with Crippen LogP contribution in [0.5, 0.6) is 11.5 Å². The van der Waals surface area contributed by atoms with Gasteiger partial charge in [-0.25, -0.2) is 0 Å². The van der Waals surface area contributed by atoms with Crippen molar-refractivity contribution in [2.45, 2.75) is 6.36 Å². The van der Waals surface area contributed by atoms with Gasteiger partial charge in [-0.3, -0.25) is 0 Å². The number of phenols is 1. The second-order valence-corrected chi connectivity index (χ2v) is 3.69. The number of hydrogen-bond acceptors (Lipinski definition) is 3. The van der Waals surface area contributed by atoms with Gasteiger partial charge in [-0.15, -0.1) is 13.2 Å². The number of anilines is 1. The zero-order chi connectivity index (χ0) is 11.8. The van der Waals surface area contributed by atoms with Crippen LogP contribution in [0.25, 0.3) is 0 Å². The van der Waals surface area contributed by atoms with Crippen molar-refractivity contribution < 1.29 is 23.0 Å². The van der Waals surface area contributed by atoms with Crippen LogP contribution in [-0.2, 0) is 0 Å². The topological polar surface area (TPSA) is 55.5 Å². The molecule has 3 N–H and O–H groups in total. The van der Waals surface area contributed by atoms with Crippen molar-refractivity contribution in [2.24, 2.45) is 0 Å². The lowest BCUT2D eigenvalue weighted by atomic mass is 10.3. The maximum Gasteiger partial charge on any atom is 0.573 e. The molecule has 0 fully saturated rings. The molecular formula is C7H4BrClF3NO2. The summed E-state index contributed by atoms with van der Waals surface area (Å²) in [5.41, 5.74) is 5.10. The number of halogens is 5. The Morgan fingerprint density at radius 3 is 2.47 bits per heavy atom. The largest absolute Gasteiger partial charge is 0.573 e. The van der Waals surface area contributed by atoms with E-state index in [1.54, 1.807) is 0 Å². The summed E-state index contributed by atoms with van der Waals surface area (Å²) in [6, 6.07) is 0.961. The molecule has 0 saturated heterocycles. The minimum Gasteiger partial charge on any atom is -0.505 e. The smallest absolute Gasteiger partial charge is 0.505 e. The summed E-state index contributed by atoms with van der Waals surface area (Å²) in [7, 11) is 0. The molecule has 0 radical (unpaired) electrons. The lowest BCUT2D eigenvalue weighted by molar-refractivity contribution is -0.274. The molecule has 1 aromatic rings. The second-order valence-electron chi connectivity index (χ2n) is 2.49. The third-order valence-electron chi connectivity index (χ3n) is 1.40. The van der Waals surface area contributed by atoms with Crippen LogP contribution < -0.4 is 10.5 Å². The van der Waals surface area contributed by atoms with Crippen LogP contribution >= 0.6 is 27.5 Å². The van der Waals surface area contributed by atoms with Crippen LogP contribution in [0.4, 0.5) is 18.9 Å². The summed E-state index contributed by atoms with van der Waals surface area (Å²) in [6.07, 6.45) is -4.89. The molecule has 0 amide bonds. The fraction of sp³-hybridized carbons (Fsp3) is 0.143. The lowest BCUT2D eigenvalue weighted by Crippen LogP contribution is -2.17. The van der Waals surface area contributed by atoms with Gasteiger partial charge < -0.3 is 15.6 Å². The normalized spacial score (nSPS) is 11.5. The molecule has 8 heteroatoms. The number of rotatable bonds is 1. The summed E-state index contributed by atoms with van der Waals surface area (Å²) >= 11 is 8.16. The van der Waals surface area contributed by atoms with E-state index in [2.05, 4.69) is 20.7 Å². The van der Waals surface area contributed by atoms with E-state index in [4.69, 9.17) is 17.3 Å². The zero-order valence-corrected chi connectivity index (χ0v) is 9.24. The summed E-state index contributed by atoms with van der Waals surface area (Å²) < 4.78 is 39.0. The molecule has 0 saturated carbocycles. The molecule has 84 valence electrons. The van der Waals surface area contributed by atoms with Gasteiger partial charge in [0.15, 0.2) is 11.5 Å². The summed E-state index contributed by atoms with van der Waals surface area (Å²) in [5, 5.41) is 8.88. The molecule has 0 aromatic heterocycles. The minimum absolute atomic E-state index is 0.151. The van der Waals surface area contributed by atoms with Crippen molar-refractivity contribution in [1.82, 2.24) is 0 Å². The third kappa shape index (κ3) is 2.82. The Kier molecular flexibility index (Phi) is 3.25. The Morgan fingerprint density at radius 2 is 2.00 bits per heavy atom. The molecule has 0 atom stereocenters. The highest BCUT2D eigenvalue weighted by atomic mass is 79.9. The Hall–Kier alpha value is -0.820. The molecule has 0 spiro atoms. The number of nitrogens with two attached hydrogens (primary N) is 1. The van der Waals surface area contributed by atoms with Crippen molar-refractivity contribution >= 4 is 33.2 Å². The number of phenolic OH excluding ortho intramolecular Hbond substituents is 1. The first-order chi connectivity index (χ1) is 6.72. The van der Waals surface area contributed by atoms with Gasteiger partial charge in [-0.1, -0.05) is 11.6 Å². The predicted octanol–water partition coefficient (Wildman–Crippen LogP) is 3.29. The quantitative estimate of drug-likeness (QED) is 0.618. The molecule has 3 nitrogen and oxygen atoms in total. The molecule has 0 aliphatic rings. The first kappa shape index (κ1) is 12.3. The van der Waals surface area contributed by atoms with Gasteiger partial charge in [0, 0.05) is 0 Å². The number of nitrogen functional groups attached to an aromatic ring is 1. The SMILES string of the molecule is Nc1cc(Cl)c(OC(F)(F)F)c(Br)c1O. The summed E-state index contributed by atoms with van der Waals surface area (Å²) in [4.78, 5) is 0. The van der Waals surface area contributed by atoms with Gasteiger partial charge in [0.2, 0.25) is 0 Å². The van der Waals surface area contributed by atoms with Gasteiger partial charge in [0.25, 0.3) is 0 Å². The van der Waals surface area contributed by atoms with E-state index in [0.29, 0.717) is 0 Å². The highest BCUT2D eigenvalue weighted by Gasteiger charge is 2.34. The second kappa shape index (κ2) is 3.97. The zero-order valence-electron chi connectivity index (χ0n) is 6.90. The molecule has 1 aromatic carbocycles. The van der Waals surface area contributed by atoms with Crippen molar-refractivity contribution in [1.29, 1.82) is 0 Å². The van der Waals surface area contributed by atoms with Gasteiger partial charge >= 0.3 is 6.36 Å². The maximum absolute atomic E-state index is 11.9. The van der Waals surface area contributed by atoms with Crippen molar-refractivity contribution in [3.63, 3.8) is 0 Å². The molecule has 0 unspecified atom stereocenters.